The number of carbonyl (C=O) groups is 2. The summed E-state index contributed by atoms with van der Waals surface area (Å²) in [7, 11) is -3.53. The van der Waals surface area contributed by atoms with Gasteiger partial charge in [0.2, 0.25) is 15.9 Å². The van der Waals surface area contributed by atoms with Crippen molar-refractivity contribution in [3.63, 3.8) is 0 Å². The zero-order valence-corrected chi connectivity index (χ0v) is 16.0. The largest absolute Gasteiger partial charge is 0.352 e. The van der Waals surface area contributed by atoms with Crippen LogP contribution in [0.3, 0.4) is 0 Å². The van der Waals surface area contributed by atoms with Gasteiger partial charge in [-0.25, -0.2) is 13.1 Å². The summed E-state index contributed by atoms with van der Waals surface area (Å²) in [6.07, 6.45) is 4.69. The van der Waals surface area contributed by atoms with E-state index in [4.69, 9.17) is 0 Å². The van der Waals surface area contributed by atoms with Crippen LogP contribution in [-0.2, 0) is 14.8 Å². The maximum Gasteiger partial charge on any atom is 0.251 e. The number of benzene rings is 1. The molecule has 0 aliphatic carbocycles. The summed E-state index contributed by atoms with van der Waals surface area (Å²) in [6.45, 7) is 3.87. The quantitative estimate of drug-likeness (QED) is 0.748. The number of carbonyl (C=O) groups excluding carboxylic acids is 2. The molecule has 0 bridgehead atoms. The fourth-order valence-corrected chi connectivity index (χ4v) is 3.96. The first kappa shape index (κ1) is 20.4. The first-order chi connectivity index (χ1) is 12.4. The number of likely N-dealkylation sites (tertiary alicyclic amines) is 1. The van der Waals surface area contributed by atoms with Gasteiger partial charge in [0.05, 0.1) is 4.90 Å². The molecule has 0 aromatic heterocycles. The van der Waals surface area contributed by atoms with Crippen molar-refractivity contribution in [2.24, 2.45) is 0 Å². The molecule has 0 atom stereocenters. The lowest BCUT2D eigenvalue weighted by molar-refractivity contribution is -0.131. The summed E-state index contributed by atoms with van der Waals surface area (Å²) in [5.41, 5.74) is 0.364. The van der Waals surface area contributed by atoms with E-state index < -0.39 is 10.0 Å². The van der Waals surface area contributed by atoms with E-state index in [9.17, 15) is 18.0 Å². The van der Waals surface area contributed by atoms with Crippen molar-refractivity contribution in [1.82, 2.24) is 14.9 Å². The van der Waals surface area contributed by atoms with Gasteiger partial charge < -0.3 is 10.2 Å². The van der Waals surface area contributed by atoms with E-state index in [1.165, 1.54) is 37.1 Å². The Morgan fingerprint density at radius 2 is 1.65 bits per heavy atom. The van der Waals surface area contributed by atoms with E-state index in [-0.39, 0.29) is 29.7 Å². The molecule has 26 heavy (non-hydrogen) atoms. The summed E-state index contributed by atoms with van der Waals surface area (Å²) in [5, 5.41) is 2.72. The zero-order chi connectivity index (χ0) is 19.0. The highest BCUT2D eigenvalue weighted by molar-refractivity contribution is 7.89. The Morgan fingerprint density at radius 1 is 1.04 bits per heavy atom. The maximum atomic E-state index is 12.2. The van der Waals surface area contributed by atoms with Gasteiger partial charge in [-0.2, -0.15) is 0 Å². The Bertz CT molecular complexity index is 708. The standard InChI is InChI=1S/C18H27N3O4S/c1-2-20-26(24,25)16-9-7-15(8-10-16)18(23)19-12-11-17(22)21-13-5-3-4-6-14-21/h7-10,20H,2-6,11-14H2,1H3,(H,19,23). The van der Waals surface area contributed by atoms with Crippen molar-refractivity contribution in [3.05, 3.63) is 29.8 Å². The van der Waals surface area contributed by atoms with Gasteiger partial charge in [-0.15, -0.1) is 0 Å². The number of rotatable bonds is 7. The minimum absolute atomic E-state index is 0.0688. The van der Waals surface area contributed by atoms with Crippen molar-refractivity contribution in [3.8, 4) is 0 Å². The molecular formula is C18H27N3O4S. The molecule has 1 saturated heterocycles. The molecule has 7 nitrogen and oxygen atoms in total. The Hall–Kier alpha value is -1.93. The van der Waals surface area contributed by atoms with E-state index in [0.29, 0.717) is 12.1 Å². The van der Waals surface area contributed by atoms with Gasteiger partial charge in [-0.05, 0) is 37.1 Å². The topological polar surface area (TPSA) is 95.6 Å². The third-order valence-electron chi connectivity index (χ3n) is 4.34. The third kappa shape index (κ3) is 5.81. The number of sulfonamides is 1. The zero-order valence-electron chi connectivity index (χ0n) is 15.2. The molecule has 2 N–H and O–H groups in total. The molecule has 0 radical (unpaired) electrons. The molecule has 2 rings (SSSR count). The van der Waals surface area contributed by atoms with E-state index in [0.717, 1.165) is 25.9 Å². The van der Waals surface area contributed by atoms with E-state index in [1.54, 1.807) is 6.92 Å². The van der Waals surface area contributed by atoms with Crippen molar-refractivity contribution in [2.75, 3.05) is 26.2 Å². The lowest BCUT2D eigenvalue weighted by atomic mass is 10.2. The molecule has 0 spiro atoms. The number of nitrogens with zero attached hydrogens (tertiary/aromatic N) is 1. The molecule has 144 valence electrons. The fourth-order valence-electron chi connectivity index (χ4n) is 2.92. The van der Waals surface area contributed by atoms with Crippen LogP contribution in [0.2, 0.25) is 0 Å². The Balaban J connectivity index is 1.83. The molecule has 1 aliphatic heterocycles. The highest BCUT2D eigenvalue weighted by atomic mass is 32.2. The molecule has 2 amide bonds. The van der Waals surface area contributed by atoms with Crippen LogP contribution in [0.1, 0.15) is 49.4 Å². The van der Waals surface area contributed by atoms with Crippen molar-refractivity contribution in [1.29, 1.82) is 0 Å². The molecule has 0 saturated carbocycles. The van der Waals surface area contributed by atoms with E-state index >= 15 is 0 Å². The molecule has 8 heteroatoms. The first-order valence-corrected chi connectivity index (χ1v) is 10.6. The molecule has 1 aliphatic rings. The van der Waals surface area contributed by atoms with Crippen molar-refractivity contribution in [2.45, 2.75) is 43.9 Å². The third-order valence-corrected chi connectivity index (χ3v) is 5.91. The smallest absolute Gasteiger partial charge is 0.251 e. The average Bonchev–Trinajstić information content (AvgIpc) is 2.91. The predicted octanol–water partition coefficient (Wildman–Crippen LogP) is 1.51. The highest BCUT2D eigenvalue weighted by Gasteiger charge is 2.16. The monoisotopic (exact) mass is 381 g/mol. The summed E-state index contributed by atoms with van der Waals surface area (Å²) in [4.78, 5) is 26.3. The predicted molar refractivity (Wildman–Crippen MR) is 99.3 cm³/mol. The Labute approximate surface area is 155 Å². The number of amides is 2. The number of nitrogens with one attached hydrogen (secondary N) is 2. The summed E-state index contributed by atoms with van der Waals surface area (Å²) >= 11 is 0. The Morgan fingerprint density at radius 3 is 2.23 bits per heavy atom. The van der Waals surface area contributed by atoms with Crippen LogP contribution in [0.25, 0.3) is 0 Å². The van der Waals surface area contributed by atoms with Crippen molar-refractivity contribution >= 4 is 21.8 Å². The van der Waals surface area contributed by atoms with Gasteiger partial charge in [-0.3, -0.25) is 9.59 Å². The van der Waals surface area contributed by atoms with Gasteiger partial charge >= 0.3 is 0 Å². The maximum absolute atomic E-state index is 12.2. The van der Waals surface area contributed by atoms with Gasteiger partial charge in [-0.1, -0.05) is 19.8 Å². The average molecular weight is 381 g/mol. The second kappa shape index (κ2) is 9.68. The molecule has 0 unspecified atom stereocenters. The van der Waals surface area contributed by atoms with Crippen LogP contribution < -0.4 is 10.0 Å². The normalized spacial score (nSPS) is 15.3. The van der Waals surface area contributed by atoms with Crippen LogP contribution in [0.5, 0.6) is 0 Å². The van der Waals surface area contributed by atoms with Gasteiger partial charge in [0.25, 0.3) is 5.91 Å². The molecular weight excluding hydrogens is 354 g/mol. The van der Waals surface area contributed by atoms with Crippen LogP contribution in [0, 0.1) is 0 Å². The summed E-state index contributed by atoms with van der Waals surface area (Å²) in [6, 6.07) is 5.73. The molecule has 1 aromatic carbocycles. The van der Waals surface area contributed by atoms with Crippen LogP contribution >= 0.6 is 0 Å². The summed E-state index contributed by atoms with van der Waals surface area (Å²) < 4.78 is 26.2. The highest BCUT2D eigenvalue weighted by Crippen LogP contribution is 2.11. The first-order valence-electron chi connectivity index (χ1n) is 9.10. The molecule has 1 fully saturated rings. The Kier molecular flexibility index (Phi) is 7.59. The van der Waals surface area contributed by atoms with Gasteiger partial charge in [0, 0.05) is 38.2 Å². The van der Waals surface area contributed by atoms with Crippen LogP contribution in [-0.4, -0.2) is 51.3 Å². The lowest BCUT2D eigenvalue weighted by Crippen LogP contribution is -2.35. The van der Waals surface area contributed by atoms with E-state index in [1.807, 2.05) is 4.90 Å². The number of hydrogen-bond acceptors (Lipinski definition) is 4. The molecule has 1 aromatic rings. The molecule has 1 heterocycles. The second-order valence-electron chi connectivity index (χ2n) is 6.33. The minimum Gasteiger partial charge on any atom is -0.352 e. The second-order valence-corrected chi connectivity index (χ2v) is 8.09. The van der Waals surface area contributed by atoms with Crippen molar-refractivity contribution < 1.29 is 18.0 Å². The SMILES string of the molecule is CCNS(=O)(=O)c1ccc(C(=O)NCCC(=O)N2CCCCCC2)cc1. The minimum atomic E-state index is -3.53. The van der Waals surface area contributed by atoms with Gasteiger partial charge in [0.15, 0.2) is 0 Å². The summed E-state index contributed by atoms with van der Waals surface area (Å²) in [5.74, 6) is -0.250. The lowest BCUT2D eigenvalue weighted by Gasteiger charge is -2.20. The number of hydrogen-bond donors (Lipinski definition) is 2. The van der Waals surface area contributed by atoms with Crippen LogP contribution in [0.4, 0.5) is 0 Å². The van der Waals surface area contributed by atoms with Crippen LogP contribution in [0.15, 0.2) is 29.2 Å². The van der Waals surface area contributed by atoms with Gasteiger partial charge in [0.1, 0.15) is 0 Å². The fraction of sp³-hybridized carbons (Fsp3) is 0.556. The van der Waals surface area contributed by atoms with E-state index in [2.05, 4.69) is 10.0 Å².